The fraction of sp³-hybridized carbons (Fsp3) is 0.524. The van der Waals surface area contributed by atoms with Crippen LogP contribution in [0.1, 0.15) is 61.3 Å². The lowest BCUT2D eigenvalue weighted by Crippen LogP contribution is -2.21. The van der Waals surface area contributed by atoms with E-state index >= 15 is 0 Å². The molecule has 2 aliphatic rings. The quantitative estimate of drug-likeness (QED) is 0.561. The molecule has 0 aromatic heterocycles. The lowest BCUT2D eigenvalue weighted by atomic mass is 10.1. The van der Waals surface area contributed by atoms with E-state index in [1.807, 2.05) is 52.8 Å². The molecule has 1 unspecified atom stereocenters. The van der Waals surface area contributed by atoms with Gasteiger partial charge in [0.15, 0.2) is 11.5 Å². The molecule has 2 nitrogen and oxygen atoms in total. The van der Waals surface area contributed by atoms with Gasteiger partial charge in [0.05, 0.1) is 0 Å². The van der Waals surface area contributed by atoms with E-state index in [9.17, 15) is 0 Å². The van der Waals surface area contributed by atoms with Crippen LogP contribution < -0.4 is 0 Å². The van der Waals surface area contributed by atoms with Crippen molar-refractivity contribution >= 4 is 0 Å². The Kier molecular flexibility index (Phi) is 17.1. The second-order valence-corrected chi connectivity index (χ2v) is 4.59. The third-order valence-corrected chi connectivity index (χ3v) is 2.46. The molecule has 0 saturated heterocycles. The molecule has 0 aromatic carbocycles. The van der Waals surface area contributed by atoms with Gasteiger partial charge in [-0.2, -0.15) is 0 Å². The lowest BCUT2D eigenvalue weighted by molar-refractivity contribution is 0.0187. The van der Waals surface area contributed by atoms with Crippen molar-refractivity contribution in [3.05, 3.63) is 60.1 Å². The predicted octanol–water partition coefficient (Wildman–Crippen LogP) is 6.73. The van der Waals surface area contributed by atoms with Gasteiger partial charge in [0.2, 0.25) is 0 Å². The smallest absolute Gasteiger partial charge is 0.161 e. The molecule has 0 aromatic rings. The van der Waals surface area contributed by atoms with E-state index in [-0.39, 0.29) is 6.10 Å². The number of ether oxygens (including phenoxy) is 2. The van der Waals surface area contributed by atoms with Crippen molar-refractivity contribution in [2.75, 3.05) is 6.61 Å². The average Bonchev–Trinajstić information content (AvgIpc) is 2.61. The molecule has 0 saturated carbocycles. The van der Waals surface area contributed by atoms with Crippen LogP contribution in [0.4, 0.5) is 0 Å². The highest BCUT2D eigenvalue weighted by molar-refractivity contribution is 5.36. The van der Waals surface area contributed by atoms with E-state index in [1.54, 1.807) is 6.08 Å². The van der Waals surface area contributed by atoms with Gasteiger partial charge in [-0.25, -0.2) is 0 Å². The zero-order chi connectivity index (χ0) is 18.1. The van der Waals surface area contributed by atoms with Crippen molar-refractivity contribution in [1.82, 2.24) is 0 Å². The minimum atomic E-state index is 0.0944. The van der Waals surface area contributed by atoms with Crippen molar-refractivity contribution in [3.8, 4) is 0 Å². The highest BCUT2D eigenvalue weighted by Crippen LogP contribution is 2.22. The van der Waals surface area contributed by atoms with E-state index in [2.05, 4.69) is 32.6 Å². The SMILES string of the molecule is C=CC1=C(/C=C2/C=CC=CC2)OCC(C)O1.CC.CC.CCC. The van der Waals surface area contributed by atoms with Crippen LogP contribution in [0.5, 0.6) is 0 Å². The van der Waals surface area contributed by atoms with E-state index in [1.165, 1.54) is 12.0 Å². The molecule has 0 fully saturated rings. The Morgan fingerprint density at radius 1 is 1.13 bits per heavy atom. The minimum absolute atomic E-state index is 0.0944. The Balaban J connectivity index is 0. The molecule has 132 valence electrons. The normalized spacial score (nSPS) is 19.8. The van der Waals surface area contributed by atoms with Crippen LogP contribution in [-0.2, 0) is 9.47 Å². The first kappa shape index (κ1) is 23.6. The lowest BCUT2D eigenvalue weighted by Gasteiger charge is -2.24. The van der Waals surface area contributed by atoms with E-state index in [4.69, 9.17) is 9.47 Å². The van der Waals surface area contributed by atoms with Crippen molar-refractivity contribution in [3.63, 3.8) is 0 Å². The number of rotatable bonds is 2. The summed E-state index contributed by atoms with van der Waals surface area (Å²) in [6.07, 6.45) is 14.3. The topological polar surface area (TPSA) is 18.5 Å². The first-order chi connectivity index (χ1) is 11.2. The first-order valence-electron chi connectivity index (χ1n) is 8.91. The van der Waals surface area contributed by atoms with Gasteiger partial charge in [-0.3, -0.25) is 0 Å². The Bertz CT molecular complexity index is 412. The van der Waals surface area contributed by atoms with Gasteiger partial charge >= 0.3 is 0 Å². The molecule has 23 heavy (non-hydrogen) atoms. The summed E-state index contributed by atoms with van der Waals surface area (Å²) >= 11 is 0. The molecule has 1 aliphatic heterocycles. The zero-order valence-electron chi connectivity index (χ0n) is 16.2. The van der Waals surface area contributed by atoms with E-state index < -0.39 is 0 Å². The fourth-order valence-electron chi connectivity index (χ4n) is 1.65. The van der Waals surface area contributed by atoms with Gasteiger partial charge in [-0.15, -0.1) is 0 Å². The standard InChI is InChI=1S/C14H16O2.C3H8.2C2H6/c1-3-13-14(15-10-11(2)16-13)9-12-7-5-4-6-8-12;1-3-2;2*1-2/h3-7,9,11H,1,8,10H2,2H3;3H2,1-2H3;2*1-2H3/b12-9-;;;. The van der Waals surface area contributed by atoms with Gasteiger partial charge in [-0.05, 0) is 31.1 Å². The first-order valence-corrected chi connectivity index (χ1v) is 8.91. The Morgan fingerprint density at radius 2 is 1.74 bits per heavy atom. The van der Waals surface area contributed by atoms with Crippen LogP contribution in [0, 0.1) is 0 Å². The molecular formula is C21H36O2. The molecule has 1 atom stereocenters. The predicted molar refractivity (Wildman–Crippen MR) is 103 cm³/mol. The maximum atomic E-state index is 5.65. The molecule has 0 amide bonds. The van der Waals surface area contributed by atoms with E-state index in [0.29, 0.717) is 6.61 Å². The van der Waals surface area contributed by atoms with Gasteiger partial charge in [0.25, 0.3) is 0 Å². The summed E-state index contributed by atoms with van der Waals surface area (Å²) in [5.74, 6) is 1.51. The molecule has 1 heterocycles. The summed E-state index contributed by atoms with van der Waals surface area (Å²) in [6, 6.07) is 0. The van der Waals surface area contributed by atoms with Gasteiger partial charge in [0, 0.05) is 0 Å². The summed E-state index contributed by atoms with van der Waals surface area (Å²) in [4.78, 5) is 0. The maximum Gasteiger partial charge on any atom is 0.161 e. The fourth-order valence-corrected chi connectivity index (χ4v) is 1.65. The molecular weight excluding hydrogens is 284 g/mol. The van der Waals surface area contributed by atoms with Crippen molar-refractivity contribution in [2.45, 2.75) is 67.4 Å². The van der Waals surface area contributed by atoms with Crippen LogP contribution in [0.25, 0.3) is 0 Å². The summed E-state index contributed by atoms with van der Waals surface area (Å²) < 4.78 is 11.3. The monoisotopic (exact) mass is 320 g/mol. The van der Waals surface area contributed by atoms with Gasteiger partial charge in [-0.1, -0.05) is 78.8 Å². The largest absolute Gasteiger partial charge is 0.486 e. The van der Waals surface area contributed by atoms with Gasteiger partial charge in [0.1, 0.15) is 12.7 Å². The van der Waals surface area contributed by atoms with Crippen molar-refractivity contribution in [2.24, 2.45) is 0 Å². The Hall–Kier alpha value is -1.70. The van der Waals surface area contributed by atoms with Crippen LogP contribution in [-0.4, -0.2) is 12.7 Å². The average molecular weight is 321 g/mol. The molecule has 0 bridgehead atoms. The summed E-state index contributed by atoms with van der Waals surface area (Å²) in [7, 11) is 0. The molecule has 2 rings (SSSR count). The summed E-state index contributed by atoms with van der Waals surface area (Å²) in [5, 5.41) is 0. The highest BCUT2D eigenvalue weighted by atomic mass is 16.6. The van der Waals surface area contributed by atoms with Crippen molar-refractivity contribution in [1.29, 1.82) is 0 Å². The van der Waals surface area contributed by atoms with E-state index in [0.717, 1.165) is 17.9 Å². The van der Waals surface area contributed by atoms with Gasteiger partial charge < -0.3 is 9.47 Å². The summed E-state index contributed by atoms with van der Waals surface area (Å²) in [5.41, 5.74) is 1.22. The van der Waals surface area contributed by atoms with Crippen molar-refractivity contribution < 1.29 is 9.47 Å². The second-order valence-electron chi connectivity index (χ2n) is 4.59. The minimum Gasteiger partial charge on any atom is -0.486 e. The maximum absolute atomic E-state index is 5.65. The molecule has 2 heteroatoms. The molecule has 0 N–H and O–H groups in total. The zero-order valence-corrected chi connectivity index (χ0v) is 16.2. The number of hydrogen-bond donors (Lipinski definition) is 0. The number of hydrogen-bond acceptors (Lipinski definition) is 2. The summed E-state index contributed by atoms with van der Waals surface area (Å²) in [6.45, 7) is 18.6. The Morgan fingerprint density at radius 3 is 2.22 bits per heavy atom. The number of allylic oxidation sites excluding steroid dienone is 7. The Labute approximate surface area is 144 Å². The molecule has 0 radical (unpaired) electrons. The highest BCUT2D eigenvalue weighted by Gasteiger charge is 2.17. The third kappa shape index (κ3) is 10.6. The second kappa shape index (κ2) is 16.7. The van der Waals surface area contributed by atoms with Crippen LogP contribution in [0.15, 0.2) is 60.1 Å². The van der Waals surface area contributed by atoms with Crippen LogP contribution in [0.3, 0.4) is 0 Å². The van der Waals surface area contributed by atoms with Crippen LogP contribution in [0.2, 0.25) is 0 Å². The van der Waals surface area contributed by atoms with Crippen LogP contribution >= 0.6 is 0 Å². The third-order valence-electron chi connectivity index (χ3n) is 2.46. The molecule has 0 spiro atoms. The molecule has 1 aliphatic carbocycles.